The molecule has 0 radical (unpaired) electrons. The van der Waals surface area contributed by atoms with Gasteiger partial charge in [0.2, 0.25) is 0 Å². The third-order valence-corrected chi connectivity index (χ3v) is 1.74. The smallest absolute Gasteiger partial charge is 0.315 e. The second-order valence-electron chi connectivity index (χ2n) is 2.20. The van der Waals surface area contributed by atoms with Gasteiger partial charge in [0.05, 0.1) is 5.75 Å². The summed E-state index contributed by atoms with van der Waals surface area (Å²) < 4.78 is 4.92. The molecule has 0 unspecified atom stereocenters. The molecule has 0 saturated heterocycles. The number of carbonyl (C=O) groups excluding carboxylic acids is 1. The van der Waals surface area contributed by atoms with E-state index < -0.39 is 0 Å². The van der Waals surface area contributed by atoms with Gasteiger partial charge in [-0.2, -0.15) is 12.6 Å². The van der Waals surface area contributed by atoms with E-state index in [9.17, 15) is 4.79 Å². The van der Waals surface area contributed by atoms with Gasteiger partial charge in [0, 0.05) is 0 Å². The molecule has 0 atom stereocenters. The molecule has 1 rings (SSSR count). The predicted octanol–water partition coefficient (Wildman–Crippen LogP) is 1.01. The summed E-state index contributed by atoms with van der Waals surface area (Å²) in [5.41, 5.74) is 0. The minimum atomic E-state index is -0.192. The molecule has 52 valence electrons. The van der Waals surface area contributed by atoms with Crippen molar-refractivity contribution >= 4 is 18.6 Å². The summed E-state index contributed by atoms with van der Waals surface area (Å²) in [4.78, 5) is 10.5. The molecule has 0 aromatic carbocycles. The van der Waals surface area contributed by atoms with Gasteiger partial charge in [-0.1, -0.05) is 0 Å². The third kappa shape index (κ3) is 1.90. The highest BCUT2D eigenvalue weighted by Crippen LogP contribution is 2.21. The summed E-state index contributed by atoms with van der Waals surface area (Å²) in [5, 5.41) is 0. The lowest BCUT2D eigenvalue weighted by molar-refractivity contribution is -0.149. The van der Waals surface area contributed by atoms with E-state index >= 15 is 0 Å². The molecule has 0 bridgehead atoms. The van der Waals surface area contributed by atoms with E-state index in [2.05, 4.69) is 12.6 Å². The van der Waals surface area contributed by atoms with E-state index in [-0.39, 0.29) is 17.8 Å². The van der Waals surface area contributed by atoms with Crippen molar-refractivity contribution in [1.82, 2.24) is 0 Å². The third-order valence-electron chi connectivity index (χ3n) is 1.48. The molecule has 3 heteroatoms. The van der Waals surface area contributed by atoms with Crippen LogP contribution in [0.4, 0.5) is 0 Å². The van der Waals surface area contributed by atoms with Gasteiger partial charge in [0.15, 0.2) is 0 Å². The van der Waals surface area contributed by atoms with Crippen LogP contribution in [0.2, 0.25) is 0 Å². The molecule has 1 saturated carbocycles. The fourth-order valence-corrected chi connectivity index (χ4v) is 0.786. The van der Waals surface area contributed by atoms with Gasteiger partial charge in [-0.05, 0) is 19.3 Å². The fourth-order valence-electron chi connectivity index (χ4n) is 0.712. The molecule has 0 aromatic heterocycles. The zero-order chi connectivity index (χ0) is 6.69. The molecule has 1 aliphatic rings. The molecule has 0 aromatic rings. The van der Waals surface area contributed by atoms with Gasteiger partial charge in [-0.15, -0.1) is 0 Å². The molecule has 1 aliphatic carbocycles. The minimum Gasteiger partial charge on any atom is -0.462 e. The molecule has 0 amide bonds. The van der Waals surface area contributed by atoms with Crippen molar-refractivity contribution in [2.24, 2.45) is 0 Å². The number of rotatable bonds is 2. The minimum absolute atomic E-state index is 0.192. The van der Waals surface area contributed by atoms with E-state index in [1.807, 2.05) is 0 Å². The molecule has 0 spiro atoms. The zero-order valence-corrected chi connectivity index (χ0v) is 6.06. The van der Waals surface area contributed by atoms with Crippen molar-refractivity contribution in [3.05, 3.63) is 0 Å². The summed E-state index contributed by atoms with van der Waals surface area (Å²) in [6, 6.07) is 0. The molecule has 9 heavy (non-hydrogen) atoms. The van der Waals surface area contributed by atoms with Crippen LogP contribution >= 0.6 is 12.6 Å². The van der Waals surface area contributed by atoms with Crippen LogP contribution in [0.5, 0.6) is 0 Å². The second kappa shape index (κ2) is 3.11. The monoisotopic (exact) mass is 146 g/mol. The molecule has 0 heterocycles. The Hall–Kier alpha value is -0.180. The summed E-state index contributed by atoms with van der Waals surface area (Å²) in [6.07, 6.45) is 3.49. The molecule has 0 N–H and O–H groups in total. The van der Waals surface area contributed by atoms with Crippen molar-refractivity contribution in [1.29, 1.82) is 0 Å². The van der Waals surface area contributed by atoms with E-state index in [0.29, 0.717) is 0 Å². The first-order chi connectivity index (χ1) is 4.33. The topological polar surface area (TPSA) is 26.3 Å². The molecular weight excluding hydrogens is 136 g/mol. The Morgan fingerprint density at radius 2 is 2.33 bits per heavy atom. The number of carbonyl (C=O) groups is 1. The number of esters is 1. The van der Waals surface area contributed by atoms with Crippen LogP contribution < -0.4 is 0 Å². The van der Waals surface area contributed by atoms with Crippen molar-refractivity contribution in [2.45, 2.75) is 25.4 Å². The second-order valence-corrected chi connectivity index (χ2v) is 2.52. The quantitative estimate of drug-likeness (QED) is 0.465. The van der Waals surface area contributed by atoms with Gasteiger partial charge in [-0.3, -0.25) is 4.79 Å². The predicted molar refractivity (Wildman–Crippen MR) is 37.6 cm³/mol. The normalized spacial score (nSPS) is 18.8. The maximum atomic E-state index is 10.5. The van der Waals surface area contributed by atoms with Crippen molar-refractivity contribution in [3.63, 3.8) is 0 Å². The van der Waals surface area contributed by atoms with Crippen LogP contribution in [0.25, 0.3) is 0 Å². The summed E-state index contributed by atoms with van der Waals surface area (Å²) in [6.45, 7) is 0. The largest absolute Gasteiger partial charge is 0.462 e. The molecular formula is C6H10O2S. The average Bonchev–Trinajstić information content (AvgIpc) is 1.78. The standard InChI is InChI=1S/C6H10O2S/c7-6(4-9)8-5-2-1-3-5/h5,9H,1-4H2. The van der Waals surface area contributed by atoms with Gasteiger partial charge < -0.3 is 4.74 Å². The van der Waals surface area contributed by atoms with Crippen LogP contribution in [0.1, 0.15) is 19.3 Å². The fraction of sp³-hybridized carbons (Fsp3) is 0.833. The first-order valence-corrected chi connectivity index (χ1v) is 3.76. The number of ether oxygens (including phenoxy) is 1. The van der Waals surface area contributed by atoms with Crippen molar-refractivity contribution in [2.75, 3.05) is 5.75 Å². The molecule has 2 nitrogen and oxygen atoms in total. The van der Waals surface area contributed by atoms with Crippen LogP contribution in [0.3, 0.4) is 0 Å². The first-order valence-electron chi connectivity index (χ1n) is 3.13. The highest BCUT2D eigenvalue weighted by molar-refractivity contribution is 7.81. The maximum absolute atomic E-state index is 10.5. The Balaban J connectivity index is 2.09. The van der Waals surface area contributed by atoms with E-state index in [1.54, 1.807) is 0 Å². The zero-order valence-electron chi connectivity index (χ0n) is 5.17. The molecule has 1 fully saturated rings. The van der Waals surface area contributed by atoms with Crippen LogP contribution in [0, 0.1) is 0 Å². The van der Waals surface area contributed by atoms with E-state index in [1.165, 1.54) is 6.42 Å². The summed E-state index contributed by atoms with van der Waals surface area (Å²) in [7, 11) is 0. The number of thiol groups is 1. The summed E-state index contributed by atoms with van der Waals surface area (Å²) in [5.74, 6) is 0.0132. The van der Waals surface area contributed by atoms with E-state index in [0.717, 1.165) is 12.8 Å². The van der Waals surface area contributed by atoms with Gasteiger partial charge in [0.1, 0.15) is 6.10 Å². The first kappa shape index (κ1) is 6.93. The highest BCUT2D eigenvalue weighted by atomic mass is 32.1. The van der Waals surface area contributed by atoms with Crippen LogP contribution in [-0.4, -0.2) is 17.8 Å². The van der Waals surface area contributed by atoms with Crippen molar-refractivity contribution < 1.29 is 9.53 Å². The lowest BCUT2D eigenvalue weighted by atomic mass is 9.96. The average molecular weight is 146 g/mol. The van der Waals surface area contributed by atoms with Gasteiger partial charge in [-0.25, -0.2) is 0 Å². The SMILES string of the molecule is O=C(CS)OC1CCC1. The molecule has 0 aliphatic heterocycles. The number of hydrogen-bond acceptors (Lipinski definition) is 3. The number of hydrogen-bond donors (Lipinski definition) is 1. The Bertz CT molecular complexity index is 110. The maximum Gasteiger partial charge on any atom is 0.315 e. The van der Waals surface area contributed by atoms with E-state index in [4.69, 9.17) is 4.74 Å². The Labute approximate surface area is 60.0 Å². The summed E-state index contributed by atoms with van der Waals surface area (Å²) >= 11 is 3.78. The van der Waals surface area contributed by atoms with Gasteiger partial charge >= 0.3 is 5.97 Å². The lowest BCUT2D eigenvalue weighted by Gasteiger charge is -2.24. The van der Waals surface area contributed by atoms with Gasteiger partial charge in [0.25, 0.3) is 0 Å². The van der Waals surface area contributed by atoms with Crippen molar-refractivity contribution in [3.8, 4) is 0 Å². The van der Waals surface area contributed by atoms with Crippen LogP contribution in [-0.2, 0) is 9.53 Å². The Morgan fingerprint density at radius 1 is 1.67 bits per heavy atom. The van der Waals surface area contributed by atoms with Crippen LogP contribution in [0.15, 0.2) is 0 Å². The Morgan fingerprint density at radius 3 is 2.67 bits per heavy atom. The lowest BCUT2D eigenvalue weighted by Crippen LogP contribution is -2.25. The highest BCUT2D eigenvalue weighted by Gasteiger charge is 2.20. The Kier molecular flexibility index (Phi) is 2.39.